The zero-order chi connectivity index (χ0) is 20.0. The maximum absolute atomic E-state index is 13.1. The number of nitrogens with zero attached hydrogens (tertiary/aromatic N) is 1. The summed E-state index contributed by atoms with van der Waals surface area (Å²) >= 11 is 0. The maximum atomic E-state index is 13.1. The molecule has 1 atom stereocenters. The first kappa shape index (κ1) is 20.7. The Hall–Kier alpha value is -2.56. The molecule has 1 heterocycles. The molecule has 5 heteroatoms. The number of carboxylic acids is 1. The summed E-state index contributed by atoms with van der Waals surface area (Å²) in [5, 5.41) is 12.3. The average molecular weight is 370 g/mol. The van der Waals surface area contributed by atoms with Gasteiger partial charge in [-0.15, -0.1) is 0 Å². The summed E-state index contributed by atoms with van der Waals surface area (Å²) in [7, 11) is 0. The van der Waals surface area contributed by atoms with Gasteiger partial charge in [-0.1, -0.05) is 32.9 Å². The minimum absolute atomic E-state index is 0.0370. The van der Waals surface area contributed by atoms with Crippen LogP contribution in [0.25, 0.3) is 0 Å². The monoisotopic (exact) mass is 370 g/mol. The zero-order valence-electron chi connectivity index (χ0n) is 16.7. The van der Waals surface area contributed by atoms with Gasteiger partial charge in [0.15, 0.2) is 0 Å². The number of nitrogens with one attached hydrogen (secondary N) is 1. The number of rotatable bonds is 10. The standard InChI is InChI=1S/C22H30N2O3/c1-5-16(4)23-19-9-6-8-17(12-19)22(27)20-13-18(15(2)3)14-24(20)11-7-10-21(25)26/h6,8-9,12-16,23H,5,7,10-11H2,1-4H3,(H,25,26). The van der Waals surface area contributed by atoms with Crippen LogP contribution in [-0.4, -0.2) is 27.5 Å². The highest BCUT2D eigenvalue weighted by Gasteiger charge is 2.17. The van der Waals surface area contributed by atoms with E-state index < -0.39 is 5.97 Å². The molecular weight excluding hydrogens is 340 g/mol. The Morgan fingerprint density at radius 1 is 1.19 bits per heavy atom. The van der Waals surface area contributed by atoms with E-state index in [1.165, 1.54) is 0 Å². The number of benzene rings is 1. The fraction of sp³-hybridized carbons (Fsp3) is 0.455. The van der Waals surface area contributed by atoms with Gasteiger partial charge in [0.1, 0.15) is 0 Å². The SMILES string of the molecule is CCC(C)Nc1cccc(C(=O)c2cc(C(C)C)cn2CCCC(=O)O)c1. The van der Waals surface area contributed by atoms with Crippen LogP contribution in [0.4, 0.5) is 5.69 Å². The smallest absolute Gasteiger partial charge is 0.303 e. The van der Waals surface area contributed by atoms with E-state index in [0.717, 1.165) is 17.7 Å². The lowest BCUT2D eigenvalue weighted by Gasteiger charge is -2.14. The van der Waals surface area contributed by atoms with Crippen LogP contribution in [0.1, 0.15) is 74.5 Å². The Balaban J connectivity index is 2.28. The second kappa shape index (κ2) is 9.40. The third-order valence-electron chi connectivity index (χ3n) is 4.76. The molecule has 1 unspecified atom stereocenters. The predicted octanol–water partition coefficient (Wildman–Crippen LogP) is 4.92. The van der Waals surface area contributed by atoms with Gasteiger partial charge in [-0.25, -0.2) is 0 Å². The third-order valence-corrected chi connectivity index (χ3v) is 4.76. The highest BCUT2D eigenvalue weighted by Crippen LogP contribution is 2.22. The van der Waals surface area contributed by atoms with E-state index in [9.17, 15) is 9.59 Å². The van der Waals surface area contributed by atoms with Crippen molar-refractivity contribution in [2.75, 3.05) is 5.32 Å². The van der Waals surface area contributed by atoms with Gasteiger partial charge in [0.25, 0.3) is 0 Å². The normalized spacial score (nSPS) is 12.2. The van der Waals surface area contributed by atoms with Crippen LogP contribution in [-0.2, 0) is 11.3 Å². The van der Waals surface area contributed by atoms with Crippen LogP contribution >= 0.6 is 0 Å². The minimum Gasteiger partial charge on any atom is -0.481 e. The lowest BCUT2D eigenvalue weighted by molar-refractivity contribution is -0.137. The lowest BCUT2D eigenvalue weighted by atomic mass is 10.0. The zero-order valence-corrected chi connectivity index (χ0v) is 16.7. The van der Waals surface area contributed by atoms with Crippen molar-refractivity contribution in [3.8, 4) is 0 Å². The number of carbonyl (C=O) groups is 2. The highest BCUT2D eigenvalue weighted by atomic mass is 16.4. The van der Waals surface area contributed by atoms with Crippen molar-refractivity contribution < 1.29 is 14.7 Å². The molecular formula is C22H30N2O3. The second-order valence-electron chi connectivity index (χ2n) is 7.37. The number of ketones is 1. The van der Waals surface area contributed by atoms with Gasteiger partial charge in [0, 0.05) is 36.5 Å². The van der Waals surface area contributed by atoms with Crippen LogP contribution in [0.15, 0.2) is 36.5 Å². The van der Waals surface area contributed by atoms with Gasteiger partial charge in [-0.3, -0.25) is 9.59 Å². The molecule has 0 aliphatic rings. The summed E-state index contributed by atoms with van der Waals surface area (Å²) in [5.74, 6) is -0.552. The number of hydrogen-bond donors (Lipinski definition) is 2. The number of aryl methyl sites for hydroxylation is 1. The van der Waals surface area contributed by atoms with E-state index in [2.05, 4.69) is 33.0 Å². The average Bonchev–Trinajstić information content (AvgIpc) is 3.05. The molecule has 0 amide bonds. The summed E-state index contributed by atoms with van der Waals surface area (Å²) in [6.45, 7) is 8.91. The Labute approximate surface area is 161 Å². The van der Waals surface area contributed by atoms with Crippen LogP contribution in [0, 0.1) is 0 Å². The van der Waals surface area contributed by atoms with Gasteiger partial charge in [-0.2, -0.15) is 0 Å². The first-order chi connectivity index (χ1) is 12.8. The van der Waals surface area contributed by atoms with Crippen molar-refractivity contribution in [3.05, 3.63) is 53.3 Å². The third kappa shape index (κ3) is 5.71. The van der Waals surface area contributed by atoms with Crippen molar-refractivity contribution in [1.29, 1.82) is 0 Å². The summed E-state index contributed by atoms with van der Waals surface area (Å²) in [4.78, 5) is 24.0. The molecule has 0 saturated heterocycles. The van der Waals surface area contributed by atoms with E-state index in [4.69, 9.17) is 5.11 Å². The summed E-state index contributed by atoms with van der Waals surface area (Å²) in [6, 6.07) is 9.84. The largest absolute Gasteiger partial charge is 0.481 e. The second-order valence-corrected chi connectivity index (χ2v) is 7.37. The summed E-state index contributed by atoms with van der Waals surface area (Å²) in [6.07, 6.45) is 3.57. The summed E-state index contributed by atoms with van der Waals surface area (Å²) in [5.41, 5.74) is 3.27. The molecule has 0 fully saturated rings. The number of hydrogen-bond acceptors (Lipinski definition) is 3. The number of anilines is 1. The fourth-order valence-electron chi connectivity index (χ4n) is 2.91. The molecule has 2 rings (SSSR count). The van der Waals surface area contributed by atoms with Gasteiger partial charge < -0.3 is 15.0 Å². The van der Waals surface area contributed by atoms with Gasteiger partial charge in [0.05, 0.1) is 5.69 Å². The Morgan fingerprint density at radius 3 is 2.56 bits per heavy atom. The van der Waals surface area contributed by atoms with E-state index in [0.29, 0.717) is 36.2 Å². The van der Waals surface area contributed by atoms with Crippen LogP contribution in [0.2, 0.25) is 0 Å². The van der Waals surface area contributed by atoms with Crippen molar-refractivity contribution in [3.63, 3.8) is 0 Å². The molecule has 0 spiro atoms. The van der Waals surface area contributed by atoms with E-state index in [1.807, 2.05) is 41.1 Å². The first-order valence-corrected chi connectivity index (χ1v) is 9.65. The molecule has 2 N–H and O–H groups in total. The van der Waals surface area contributed by atoms with Crippen molar-refractivity contribution in [1.82, 2.24) is 4.57 Å². The molecule has 1 aromatic heterocycles. The van der Waals surface area contributed by atoms with E-state index in [1.54, 1.807) is 0 Å². The first-order valence-electron chi connectivity index (χ1n) is 9.65. The predicted molar refractivity (Wildman–Crippen MR) is 109 cm³/mol. The van der Waals surface area contributed by atoms with Gasteiger partial charge in [-0.05, 0) is 49.4 Å². The molecule has 0 radical (unpaired) electrons. The summed E-state index contributed by atoms with van der Waals surface area (Å²) < 4.78 is 1.90. The number of carboxylic acid groups (broad SMARTS) is 1. The molecule has 0 saturated carbocycles. The minimum atomic E-state index is -0.817. The molecule has 146 valence electrons. The van der Waals surface area contributed by atoms with Gasteiger partial charge in [0.2, 0.25) is 5.78 Å². The molecule has 27 heavy (non-hydrogen) atoms. The maximum Gasteiger partial charge on any atom is 0.303 e. The quantitative estimate of drug-likeness (QED) is 0.583. The Morgan fingerprint density at radius 2 is 1.93 bits per heavy atom. The Bertz CT molecular complexity index is 793. The molecule has 0 aliphatic carbocycles. The Kier molecular flexibility index (Phi) is 7.22. The van der Waals surface area contributed by atoms with Crippen molar-refractivity contribution in [2.45, 2.75) is 65.5 Å². The number of aromatic nitrogens is 1. The van der Waals surface area contributed by atoms with Crippen LogP contribution in [0.3, 0.4) is 0 Å². The van der Waals surface area contributed by atoms with Crippen LogP contribution in [0.5, 0.6) is 0 Å². The molecule has 1 aromatic carbocycles. The molecule has 2 aromatic rings. The molecule has 5 nitrogen and oxygen atoms in total. The number of carbonyl (C=O) groups excluding carboxylic acids is 1. The van der Waals surface area contributed by atoms with Crippen LogP contribution < -0.4 is 5.32 Å². The topological polar surface area (TPSA) is 71.3 Å². The van der Waals surface area contributed by atoms with Gasteiger partial charge >= 0.3 is 5.97 Å². The fourth-order valence-corrected chi connectivity index (χ4v) is 2.91. The van der Waals surface area contributed by atoms with E-state index >= 15 is 0 Å². The van der Waals surface area contributed by atoms with Crippen molar-refractivity contribution >= 4 is 17.4 Å². The lowest BCUT2D eigenvalue weighted by Crippen LogP contribution is -2.14. The van der Waals surface area contributed by atoms with E-state index in [-0.39, 0.29) is 12.2 Å². The molecule has 0 bridgehead atoms. The number of aliphatic carboxylic acids is 1. The highest BCUT2D eigenvalue weighted by molar-refractivity contribution is 6.08. The van der Waals surface area contributed by atoms with Crippen molar-refractivity contribution in [2.24, 2.45) is 0 Å². The molecule has 0 aliphatic heterocycles.